The Kier molecular flexibility index (Phi) is 5.17. The van der Waals surface area contributed by atoms with Crippen molar-refractivity contribution in [1.82, 2.24) is 0 Å². The summed E-state index contributed by atoms with van der Waals surface area (Å²) in [7, 11) is 1.54. The number of hydrogen-bond donors (Lipinski definition) is 2. The Bertz CT molecular complexity index is 649. The summed E-state index contributed by atoms with van der Waals surface area (Å²) in [6.45, 7) is 4.80. The molecular weight excluding hydrogens is 398 g/mol. The Morgan fingerprint density at radius 2 is 1.71 bits per heavy atom. The van der Waals surface area contributed by atoms with Crippen LogP contribution in [0.25, 0.3) is 0 Å². The molecule has 0 aliphatic heterocycles. The third-order valence-corrected chi connectivity index (χ3v) is 4.34. The molecule has 0 fully saturated rings. The van der Waals surface area contributed by atoms with Crippen molar-refractivity contribution in [2.45, 2.75) is 20.4 Å². The van der Waals surface area contributed by atoms with Gasteiger partial charge in [0.25, 0.3) is 0 Å². The van der Waals surface area contributed by atoms with Gasteiger partial charge >= 0.3 is 0 Å². The number of rotatable bonds is 4. The van der Waals surface area contributed by atoms with Crippen molar-refractivity contribution in [1.29, 1.82) is 0 Å². The quantitative estimate of drug-likeness (QED) is 0.726. The molecule has 0 amide bonds. The molecule has 0 aliphatic rings. The lowest BCUT2D eigenvalue weighted by atomic mass is 10.1. The highest BCUT2D eigenvalue weighted by atomic mass is 79.9. The molecule has 0 aromatic heterocycles. The molecule has 3 nitrogen and oxygen atoms in total. The molecule has 0 aliphatic carbocycles. The number of hydrogen-bond acceptors (Lipinski definition) is 3. The van der Waals surface area contributed by atoms with Gasteiger partial charge in [0.1, 0.15) is 0 Å². The van der Waals surface area contributed by atoms with Gasteiger partial charge in [-0.2, -0.15) is 0 Å². The standard InChI is InChI=1S/C16H17Br2NO2/c1-9-4-12(17)5-10(2)15(9)19-8-11-6-13(18)16(20)14(7-11)21-3/h4-7,19-20H,8H2,1-3H3. The Hall–Kier alpha value is -1.20. The van der Waals surface area contributed by atoms with Crippen LogP contribution >= 0.6 is 31.9 Å². The number of phenolic OH excluding ortho intramolecular Hbond substituents is 1. The van der Waals surface area contributed by atoms with Crippen LogP contribution in [0.2, 0.25) is 0 Å². The Morgan fingerprint density at radius 3 is 2.29 bits per heavy atom. The van der Waals surface area contributed by atoms with Crippen LogP contribution in [-0.2, 0) is 6.54 Å². The lowest BCUT2D eigenvalue weighted by molar-refractivity contribution is 0.371. The largest absolute Gasteiger partial charge is 0.503 e. The normalized spacial score (nSPS) is 10.5. The SMILES string of the molecule is COc1cc(CNc2c(C)cc(Br)cc2C)cc(Br)c1O. The van der Waals surface area contributed by atoms with Gasteiger partial charge in [0.15, 0.2) is 11.5 Å². The molecule has 0 atom stereocenters. The average Bonchev–Trinajstić information content (AvgIpc) is 2.41. The Balaban J connectivity index is 2.23. The molecule has 0 bridgehead atoms. The highest BCUT2D eigenvalue weighted by Gasteiger charge is 2.09. The number of aryl methyl sites for hydroxylation is 2. The fourth-order valence-electron chi connectivity index (χ4n) is 2.26. The molecule has 2 N–H and O–H groups in total. The maximum absolute atomic E-state index is 9.83. The van der Waals surface area contributed by atoms with E-state index in [1.54, 1.807) is 7.11 Å². The number of aromatic hydroxyl groups is 1. The fourth-order valence-corrected chi connectivity index (χ4v) is 3.44. The van der Waals surface area contributed by atoms with Crippen molar-refractivity contribution in [3.63, 3.8) is 0 Å². The van der Waals surface area contributed by atoms with E-state index in [2.05, 4.69) is 63.2 Å². The van der Waals surface area contributed by atoms with Crippen LogP contribution in [0.1, 0.15) is 16.7 Å². The number of methoxy groups -OCH3 is 1. The van der Waals surface area contributed by atoms with Crippen molar-refractivity contribution >= 4 is 37.5 Å². The summed E-state index contributed by atoms with van der Waals surface area (Å²) in [5.74, 6) is 0.586. The van der Waals surface area contributed by atoms with Crippen LogP contribution in [0.5, 0.6) is 11.5 Å². The summed E-state index contributed by atoms with van der Waals surface area (Å²) in [6, 6.07) is 7.89. The lowest BCUT2D eigenvalue weighted by Crippen LogP contribution is -2.03. The van der Waals surface area contributed by atoms with Crippen LogP contribution in [0.4, 0.5) is 5.69 Å². The van der Waals surface area contributed by atoms with E-state index in [-0.39, 0.29) is 5.75 Å². The molecule has 0 saturated heterocycles. The van der Waals surface area contributed by atoms with Gasteiger partial charge < -0.3 is 15.2 Å². The first-order valence-corrected chi connectivity index (χ1v) is 8.07. The van der Waals surface area contributed by atoms with E-state index in [9.17, 15) is 5.11 Å². The van der Waals surface area contributed by atoms with Gasteiger partial charge in [-0.25, -0.2) is 0 Å². The van der Waals surface area contributed by atoms with Gasteiger partial charge in [0.05, 0.1) is 11.6 Å². The predicted molar refractivity (Wildman–Crippen MR) is 93.3 cm³/mol. The first kappa shape index (κ1) is 16.2. The molecule has 2 aromatic carbocycles. The Labute approximate surface area is 141 Å². The Morgan fingerprint density at radius 1 is 1.10 bits per heavy atom. The van der Waals surface area contributed by atoms with E-state index < -0.39 is 0 Å². The zero-order chi connectivity index (χ0) is 15.6. The van der Waals surface area contributed by atoms with Gasteiger partial charge in [0.2, 0.25) is 0 Å². The van der Waals surface area contributed by atoms with E-state index in [1.807, 2.05) is 12.1 Å². The fraction of sp³-hybridized carbons (Fsp3) is 0.250. The maximum atomic E-state index is 9.83. The summed E-state index contributed by atoms with van der Waals surface area (Å²) < 4.78 is 6.88. The zero-order valence-corrected chi connectivity index (χ0v) is 15.3. The molecule has 2 aromatic rings. The van der Waals surface area contributed by atoms with Crippen molar-refractivity contribution in [2.24, 2.45) is 0 Å². The van der Waals surface area contributed by atoms with Crippen LogP contribution in [0.15, 0.2) is 33.2 Å². The van der Waals surface area contributed by atoms with Crippen LogP contribution in [0, 0.1) is 13.8 Å². The first-order valence-electron chi connectivity index (χ1n) is 6.48. The molecule has 0 spiro atoms. The number of ether oxygens (including phenoxy) is 1. The molecule has 0 heterocycles. The third kappa shape index (κ3) is 3.71. The van der Waals surface area contributed by atoms with E-state index in [0.717, 1.165) is 15.7 Å². The van der Waals surface area contributed by atoms with Crippen LogP contribution < -0.4 is 10.1 Å². The van der Waals surface area contributed by atoms with Crippen molar-refractivity contribution in [3.8, 4) is 11.5 Å². The van der Waals surface area contributed by atoms with E-state index in [0.29, 0.717) is 16.8 Å². The van der Waals surface area contributed by atoms with Crippen LogP contribution in [0.3, 0.4) is 0 Å². The van der Waals surface area contributed by atoms with Gasteiger partial charge in [-0.15, -0.1) is 0 Å². The van der Waals surface area contributed by atoms with Gasteiger partial charge in [-0.05, 0) is 70.7 Å². The molecular formula is C16H17Br2NO2. The summed E-state index contributed by atoms with van der Waals surface area (Å²) in [4.78, 5) is 0. The molecule has 5 heteroatoms. The van der Waals surface area contributed by atoms with Gasteiger partial charge in [-0.3, -0.25) is 0 Å². The van der Waals surface area contributed by atoms with Crippen molar-refractivity contribution < 1.29 is 9.84 Å². The average molecular weight is 415 g/mol. The second-order valence-electron chi connectivity index (χ2n) is 4.90. The van der Waals surface area contributed by atoms with Gasteiger partial charge in [-0.1, -0.05) is 15.9 Å². The summed E-state index contributed by atoms with van der Waals surface area (Å²) in [5.41, 5.74) is 4.53. The molecule has 0 radical (unpaired) electrons. The highest BCUT2D eigenvalue weighted by molar-refractivity contribution is 9.10. The van der Waals surface area contributed by atoms with E-state index >= 15 is 0 Å². The smallest absolute Gasteiger partial charge is 0.172 e. The summed E-state index contributed by atoms with van der Waals surface area (Å²) in [6.07, 6.45) is 0. The zero-order valence-electron chi connectivity index (χ0n) is 12.1. The summed E-state index contributed by atoms with van der Waals surface area (Å²) in [5, 5.41) is 13.3. The maximum Gasteiger partial charge on any atom is 0.172 e. The minimum absolute atomic E-state index is 0.122. The predicted octanol–water partition coefficient (Wildman–Crippen LogP) is 5.15. The second-order valence-corrected chi connectivity index (χ2v) is 6.67. The van der Waals surface area contributed by atoms with E-state index in [1.165, 1.54) is 11.1 Å². The lowest BCUT2D eigenvalue weighted by Gasteiger charge is -2.15. The molecule has 0 unspecified atom stereocenters. The molecule has 112 valence electrons. The van der Waals surface area contributed by atoms with Crippen LogP contribution in [-0.4, -0.2) is 12.2 Å². The van der Waals surface area contributed by atoms with E-state index in [4.69, 9.17) is 4.74 Å². The highest BCUT2D eigenvalue weighted by Crippen LogP contribution is 2.35. The first-order chi connectivity index (χ1) is 9.92. The number of phenols is 1. The monoisotopic (exact) mass is 413 g/mol. The third-order valence-electron chi connectivity index (χ3n) is 3.27. The molecule has 21 heavy (non-hydrogen) atoms. The van der Waals surface area contributed by atoms with Crippen molar-refractivity contribution in [2.75, 3.05) is 12.4 Å². The molecule has 0 saturated carbocycles. The van der Waals surface area contributed by atoms with Gasteiger partial charge in [0, 0.05) is 16.7 Å². The minimum atomic E-state index is 0.122. The number of halogens is 2. The summed E-state index contributed by atoms with van der Waals surface area (Å²) >= 11 is 6.84. The topological polar surface area (TPSA) is 41.5 Å². The minimum Gasteiger partial charge on any atom is -0.503 e. The number of nitrogens with one attached hydrogen (secondary N) is 1. The number of anilines is 1. The number of benzene rings is 2. The van der Waals surface area contributed by atoms with Crippen molar-refractivity contribution in [3.05, 3.63) is 49.9 Å². The second kappa shape index (κ2) is 6.71. The molecule has 2 rings (SSSR count).